The Morgan fingerprint density at radius 3 is 2.32 bits per heavy atom. The maximum Gasteiger partial charge on any atom is 0.258 e. The molecule has 0 aliphatic carbocycles. The number of unbranched alkanes of at least 4 members (excludes halogenated alkanes) is 1. The largest absolute Gasteiger partial charge is 0.380 e. The van der Waals surface area contributed by atoms with Crippen molar-refractivity contribution in [2.45, 2.75) is 44.7 Å². The van der Waals surface area contributed by atoms with E-state index >= 15 is 0 Å². The van der Waals surface area contributed by atoms with Gasteiger partial charge in [0.15, 0.2) is 0 Å². The number of carbonyl (C=O) groups is 1. The van der Waals surface area contributed by atoms with Gasteiger partial charge in [0.05, 0.1) is 5.69 Å². The Balaban J connectivity index is 1.26. The lowest BCUT2D eigenvalue weighted by atomic mass is 10.0. The first-order valence-corrected chi connectivity index (χ1v) is 13.4. The Labute approximate surface area is 219 Å². The van der Waals surface area contributed by atoms with E-state index in [1.165, 1.54) is 16.7 Å². The van der Waals surface area contributed by atoms with Crippen molar-refractivity contribution in [3.63, 3.8) is 0 Å². The Hall–Kier alpha value is -3.67. The number of benzene rings is 4. The SMILES string of the molecule is NCCCCC(N)CCCN1C(=O)c2cccc3c(NCc4ccc(-c5ccccc5)cc4)ccc1c23. The molecule has 0 radical (unpaired) electrons. The van der Waals surface area contributed by atoms with E-state index in [1.807, 2.05) is 23.1 Å². The summed E-state index contributed by atoms with van der Waals surface area (Å²) >= 11 is 0. The fourth-order valence-electron chi connectivity index (χ4n) is 5.27. The molecule has 5 heteroatoms. The Morgan fingerprint density at radius 1 is 0.784 bits per heavy atom. The monoisotopic (exact) mass is 492 g/mol. The number of nitrogens with one attached hydrogen (secondary N) is 1. The highest BCUT2D eigenvalue weighted by Crippen LogP contribution is 2.40. The Morgan fingerprint density at radius 2 is 1.54 bits per heavy atom. The van der Waals surface area contributed by atoms with Gasteiger partial charge in [0.1, 0.15) is 0 Å². The van der Waals surface area contributed by atoms with Gasteiger partial charge in [0.2, 0.25) is 0 Å². The van der Waals surface area contributed by atoms with Crippen LogP contribution in [0.2, 0.25) is 0 Å². The van der Waals surface area contributed by atoms with E-state index in [4.69, 9.17) is 11.5 Å². The number of nitrogens with zero attached hydrogens (tertiary/aromatic N) is 1. The first-order valence-electron chi connectivity index (χ1n) is 13.4. The molecule has 37 heavy (non-hydrogen) atoms. The molecular weight excluding hydrogens is 456 g/mol. The minimum absolute atomic E-state index is 0.0888. The van der Waals surface area contributed by atoms with Gasteiger partial charge in [-0.25, -0.2) is 0 Å². The summed E-state index contributed by atoms with van der Waals surface area (Å²) in [6.45, 7) is 2.12. The fraction of sp³-hybridized carbons (Fsp3) is 0.281. The molecule has 0 spiro atoms. The van der Waals surface area contributed by atoms with Gasteiger partial charge in [0, 0.05) is 41.2 Å². The third-order valence-electron chi connectivity index (χ3n) is 7.31. The summed E-state index contributed by atoms with van der Waals surface area (Å²) in [6.07, 6.45) is 4.88. The lowest BCUT2D eigenvalue weighted by Crippen LogP contribution is -2.29. The maximum atomic E-state index is 13.3. The summed E-state index contributed by atoms with van der Waals surface area (Å²) in [5.74, 6) is 0.0888. The molecule has 1 atom stereocenters. The van der Waals surface area contributed by atoms with Crippen molar-refractivity contribution in [3.8, 4) is 11.1 Å². The van der Waals surface area contributed by atoms with Crippen molar-refractivity contribution < 1.29 is 4.79 Å². The number of carbonyl (C=O) groups excluding carboxylic acids is 1. The summed E-state index contributed by atoms with van der Waals surface area (Å²) in [5.41, 5.74) is 18.3. The number of hydrogen-bond acceptors (Lipinski definition) is 4. The van der Waals surface area contributed by atoms with Crippen LogP contribution >= 0.6 is 0 Å². The van der Waals surface area contributed by atoms with E-state index in [2.05, 4.69) is 72.0 Å². The quantitative estimate of drug-likeness (QED) is 0.202. The molecule has 5 nitrogen and oxygen atoms in total. The molecule has 1 aliphatic rings. The lowest BCUT2D eigenvalue weighted by molar-refractivity contribution is 0.0992. The van der Waals surface area contributed by atoms with Crippen LogP contribution in [-0.4, -0.2) is 25.0 Å². The van der Waals surface area contributed by atoms with Crippen molar-refractivity contribution in [2.24, 2.45) is 11.5 Å². The van der Waals surface area contributed by atoms with Gasteiger partial charge < -0.3 is 21.7 Å². The lowest BCUT2D eigenvalue weighted by Gasteiger charge is -2.19. The van der Waals surface area contributed by atoms with Crippen molar-refractivity contribution in [1.82, 2.24) is 0 Å². The number of anilines is 2. The van der Waals surface area contributed by atoms with Crippen molar-refractivity contribution >= 4 is 28.1 Å². The molecule has 1 aliphatic heterocycles. The van der Waals surface area contributed by atoms with Crippen LogP contribution in [0.3, 0.4) is 0 Å². The zero-order valence-corrected chi connectivity index (χ0v) is 21.3. The molecule has 0 bridgehead atoms. The predicted octanol–water partition coefficient (Wildman–Crippen LogP) is 6.32. The predicted molar refractivity (Wildman–Crippen MR) is 155 cm³/mol. The molecule has 0 fully saturated rings. The molecule has 4 aromatic carbocycles. The minimum Gasteiger partial charge on any atom is -0.380 e. The van der Waals surface area contributed by atoms with Crippen LogP contribution in [0.4, 0.5) is 11.4 Å². The van der Waals surface area contributed by atoms with Crippen LogP contribution in [0.5, 0.6) is 0 Å². The van der Waals surface area contributed by atoms with E-state index in [-0.39, 0.29) is 11.9 Å². The van der Waals surface area contributed by atoms with Crippen molar-refractivity contribution in [2.75, 3.05) is 23.3 Å². The van der Waals surface area contributed by atoms with Gasteiger partial charge in [-0.3, -0.25) is 4.79 Å². The third-order valence-corrected chi connectivity index (χ3v) is 7.31. The van der Waals surface area contributed by atoms with Gasteiger partial charge >= 0.3 is 0 Å². The highest BCUT2D eigenvalue weighted by Gasteiger charge is 2.30. The van der Waals surface area contributed by atoms with Gasteiger partial charge in [-0.1, -0.05) is 73.2 Å². The van der Waals surface area contributed by atoms with E-state index in [0.717, 1.165) is 59.8 Å². The van der Waals surface area contributed by atoms with Crippen molar-refractivity contribution in [3.05, 3.63) is 96.1 Å². The number of hydrogen-bond donors (Lipinski definition) is 3. The average Bonchev–Trinajstić information content (AvgIpc) is 3.21. The van der Waals surface area contributed by atoms with Gasteiger partial charge in [-0.05, 0) is 67.1 Å². The molecule has 190 valence electrons. The van der Waals surface area contributed by atoms with Crippen LogP contribution in [0.1, 0.15) is 48.0 Å². The van der Waals surface area contributed by atoms with E-state index < -0.39 is 0 Å². The first-order chi connectivity index (χ1) is 18.2. The fourth-order valence-corrected chi connectivity index (χ4v) is 5.27. The number of nitrogens with two attached hydrogens (primary N) is 2. The van der Waals surface area contributed by atoms with Crippen LogP contribution in [0.15, 0.2) is 84.9 Å². The summed E-state index contributed by atoms with van der Waals surface area (Å²) in [5, 5.41) is 5.74. The third kappa shape index (κ3) is 5.53. The number of rotatable bonds is 12. The van der Waals surface area contributed by atoms with E-state index in [9.17, 15) is 4.79 Å². The highest BCUT2D eigenvalue weighted by molar-refractivity contribution is 6.26. The molecule has 4 aromatic rings. The second kappa shape index (κ2) is 11.6. The van der Waals surface area contributed by atoms with Gasteiger partial charge in [-0.15, -0.1) is 0 Å². The molecule has 0 saturated carbocycles. The summed E-state index contributed by atoms with van der Waals surface area (Å²) in [7, 11) is 0. The zero-order chi connectivity index (χ0) is 25.6. The molecule has 5 N–H and O–H groups in total. The average molecular weight is 493 g/mol. The summed E-state index contributed by atoms with van der Waals surface area (Å²) in [6, 6.07) is 29.5. The Kier molecular flexibility index (Phi) is 7.83. The van der Waals surface area contributed by atoms with Gasteiger partial charge in [-0.2, -0.15) is 0 Å². The van der Waals surface area contributed by atoms with E-state index in [0.29, 0.717) is 19.6 Å². The molecule has 1 heterocycles. The highest BCUT2D eigenvalue weighted by atomic mass is 16.2. The zero-order valence-electron chi connectivity index (χ0n) is 21.3. The molecule has 0 saturated heterocycles. The second-order valence-electron chi connectivity index (χ2n) is 9.92. The first kappa shape index (κ1) is 25.0. The maximum absolute atomic E-state index is 13.3. The normalized spacial score (nSPS) is 13.4. The van der Waals surface area contributed by atoms with Crippen LogP contribution in [0.25, 0.3) is 21.9 Å². The molecular formula is C32H36N4O. The second-order valence-corrected chi connectivity index (χ2v) is 9.92. The molecule has 1 unspecified atom stereocenters. The molecule has 5 rings (SSSR count). The molecule has 0 aromatic heterocycles. The summed E-state index contributed by atoms with van der Waals surface area (Å²) in [4.78, 5) is 15.2. The Bertz CT molecular complexity index is 1350. The summed E-state index contributed by atoms with van der Waals surface area (Å²) < 4.78 is 0. The minimum atomic E-state index is 0.0888. The van der Waals surface area contributed by atoms with Crippen molar-refractivity contribution in [1.29, 1.82) is 0 Å². The van der Waals surface area contributed by atoms with Crippen LogP contribution < -0.4 is 21.7 Å². The van der Waals surface area contributed by atoms with Crippen LogP contribution in [-0.2, 0) is 6.54 Å². The molecule has 1 amide bonds. The smallest absolute Gasteiger partial charge is 0.258 e. The standard InChI is InChI=1S/C32H36N4O/c33-20-5-4-10-26(34)11-7-21-36-30-19-18-29(27-12-6-13-28(31(27)30)32(36)37)35-22-23-14-16-25(17-15-23)24-8-2-1-3-9-24/h1-3,6,8-9,12-19,26,35H,4-5,7,10-11,20-22,33-34H2. The topological polar surface area (TPSA) is 84.4 Å². The van der Waals surface area contributed by atoms with Gasteiger partial charge in [0.25, 0.3) is 5.91 Å². The van der Waals surface area contributed by atoms with E-state index in [1.54, 1.807) is 0 Å². The number of amides is 1. The van der Waals surface area contributed by atoms with Crippen LogP contribution in [0, 0.1) is 0 Å².